The van der Waals surface area contributed by atoms with Gasteiger partial charge in [0.2, 0.25) is 0 Å². The van der Waals surface area contributed by atoms with Crippen LogP contribution in [0.5, 0.6) is 0 Å². The Morgan fingerprint density at radius 1 is 1.15 bits per heavy atom. The van der Waals surface area contributed by atoms with E-state index in [0.29, 0.717) is 12.0 Å². The number of Topliss-reactive ketones (excluding diaryl/α,β-unsaturated/α-hetero) is 1. The summed E-state index contributed by atoms with van der Waals surface area (Å²) in [5, 5.41) is -0.356. The van der Waals surface area contributed by atoms with Crippen molar-refractivity contribution in [3.8, 4) is 0 Å². The zero-order chi connectivity index (χ0) is 15.3. The molecule has 3 nitrogen and oxygen atoms in total. The number of sulfone groups is 1. The Balaban J connectivity index is 2.52. The fourth-order valence-corrected chi connectivity index (χ4v) is 3.83. The van der Waals surface area contributed by atoms with E-state index in [0.717, 1.165) is 4.47 Å². The third kappa shape index (κ3) is 5.02. The Morgan fingerprint density at radius 3 is 2.20 bits per heavy atom. The molecule has 0 fully saturated rings. The van der Waals surface area contributed by atoms with Crippen molar-refractivity contribution in [2.45, 2.75) is 38.9 Å². The molecule has 112 valence electrons. The maximum Gasteiger partial charge on any atom is 0.162 e. The number of halogens is 1. The fourth-order valence-electron chi connectivity index (χ4n) is 1.81. The van der Waals surface area contributed by atoms with E-state index in [2.05, 4.69) is 15.9 Å². The summed E-state index contributed by atoms with van der Waals surface area (Å²) in [5.74, 6) is 0.168. The van der Waals surface area contributed by atoms with Crippen LogP contribution in [-0.2, 0) is 9.84 Å². The molecule has 0 saturated carbocycles. The second-order valence-corrected chi connectivity index (χ2v) is 8.74. The van der Waals surface area contributed by atoms with E-state index in [-0.39, 0.29) is 29.1 Å². The Morgan fingerprint density at radius 2 is 1.70 bits per heavy atom. The first-order valence-corrected chi connectivity index (χ1v) is 9.25. The van der Waals surface area contributed by atoms with E-state index >= 15 is 0 Å². The minimum atomic E-state index is -3.10. The van der Waals surface area contributed by atoms with E-state index in [1.165, 1.54) is 0 Å². The summed E-state index contributed by atoms with van der Waals surface area (Å²) in [7, 11) is -3.10. The van der Waals surface area contributed by atoms with Gasteiger partial charge >= 0.3 is 0 Å². The van der Waals surface area contributed by atoms with Crippen molar-refractivity contribution < 1.29 is 13.2 Å². The number of hydrogen-bond donors (Lipinski definition) is 0. The van der Waals surface area contributed by atoms with Crippen molar-refractivity contribution in [1.29, 1.82) is 0 Å². The van der Waals surface area contributed by atoms with E-state index in [4.69, 9.17) is 0 Å². The van der Waals surface area contributed by atoms with Crippen molar-refractivity contribution in [3.05, 3.63) is 34.3 Å². The lowest BCUT2D eigenvalue weighted by atomic mass is 10.1. The van der Waals surface area contributed by atoms with Crippen LogP contribution >= 0.6 is 15.9 Å². The molecule has 0 aliphatic rings. The summed E-state index contributed by atoms with van der Waals surface area (Å²) >= 11 is 3.31. The third-order valence-corrected chi connectivity index (χ3v) is 6.57. The van der Waals surface area contributed by atoms with E-state index in [1.807, 2.05) is 26.0 Å². The molecule has 1 aromatic rings. The van der Waals surface area contributed by atoms with Gasteiger partial charge in [-0.15, -0.1) is 0 Å². The van der Waals surface area contributed by atoms with Crippen molar-refractivity contribution in [2.75, 3.05) is 5.75 Å². The molecular formula is C15H21BrO3S. The predicted molar refractivity (Wildman–Crippen MR) is 85.8 cm³/mol. The lowest BCUT2D eigenvalue weighted by Crippen LogP contribution is -2.26. The normalized spacial score (nSPS) is 13.4. The number of ketones is 1. The maximum atomic E-state index is 12.0. The first kappa shape index (κ1) is 17.4. The van der Waals surface area contributed by atoms with Gasteiger partial charge in [-0.1, -0.05) is 41.9 Å². The maximum absolute atomic E-state index is 12.0. The zero-order valence-corrected chi connectivity index (χ0v) is 14.5. The third-order valence-electron chi connectivity index (χ3n) is 3.50. The highest BCUT2D eigenvalue weighted by Crippen LogP contribution is 2.16. The molecule has 0 amide bonds. The van der Waals surface area contributed by atoms with Crippen LogP contribution in [0.15, 0.2) is 28.7 Å². The highest BCUT2D eigenvalue weighted by Gasteiger charge is 2.23. The highest BCUT2D eigenvalue weighted by molar-refractivity contribution is 9.10. The van der Waals surface area contributed by atoms with Gasteiger partial charge in [0.1, 0.15) is 0 Å². The molecule has 0 N–H and O–H groups in total. The lowest BCUT2D eigenvalue weighted by Gasteiger charge is -2.16. The molecule has 1 aromatic carbocycles. The first-order valence-electron chi connectivity index (χ1n) is 6.74. The van der Waals surface area contributed by atoms with Gasteiger partial charge in [0, 0.05) is 16.5 Å². The van der Waals surface area contributed by atoms with Gasteiger partial charge in [-0.3, -0.25) is 4.79 Å². The molecule has 1 unspecified atom stereocenters. The number of benzene rings is 1. The largest absolute Gasteiger partial charge is 0.294 e. The summed E-state index contributed by atoms with van der Waals surface area (Å²) in [4.78, 5) is 11.9. The molecule has 20 heavy (non-hydrogen) atoms. The van der Waals surface area contributed by atoms with Crippen LogP contribution in [0.2, 0.25) is 0 Å². The average Bonchev–Trinajstić information content (AvgIpc) is 2.38. The molecule has 0 aromatic heterocycles. The average molecular weight is 361 g/mol. The molecular weight excluding hydrogens is 340 g/mol. The minimum Gasteiger partial charge on any atom is -0.294 e. The van der Waals surface area contributed by atoms with Crippen molar-refractivity contribution in [3.63, 3.8) is 0 Å². The summed E-state index contributed by atoms with van der Waals surface area (Å²) in [6, 6.07) is 7.12. The van der Waals surface area contributed by atoms with Crippen LogP contribution < -0.4 is 0 Å². The van der Waals surface area contributed by atoms with Gasteiger partial charge in [0.15, 0.2) is 15.6 Å². The summed E-state index contributed by atoms with van der Waals surface area (Å²) in [6.07, 6.45) is 0.653. The van der Waals surface area contributed by atoms with Crippen LogP contribution in [0.25, 0.3) is 0 Å². The Bertz CT molecular complexity index is 547. The molecule has 0 radical (unpaired) electrons. The topological polar surface area (TPSA) is 51.2 Å². The smallest absolute Gasteiger partial charge is 0.162 e. The number of rotatable bonds is 7. The summed E-state index contributed by atoms with van der Waals surface area (Å²) in [5.41, 5.74) is 0.627. The molecule has 0 saturated heterocycles. The molecule has 0 bridgehead atoms. The van der Waals surface area contributed by atoms with Crippen molar-refractivity contribution in [2.24, 2.45) is 5.92 Å². The van der Waals surface area contributed by atoms with Crippen LogP contribution in [0, 0.1) is 5.92 Å². The van der Waals surface area contributed by atoms with Gasteiger partial charge in [-0.05, 0) is 31.4 Å². The number of carbonyl (C=O) groups is 1. The Hall–Kier alpha value is -0.680. The van der Waals surface area contributed by atoms with Crippen LogP contribution in [0.1, 0.15) is 44.0 Å². The fraction of sp³-hybridized carbons (Fsp3) is 0.533. The molecule has 0 aliphatic carbocycles. The number of carbonyl (C=O) groups excluding carboxylic acids is 1. The second kappa shape index (κ2) is 7.36. The Kier molecular flexibility index (Phi) is 6.40. The molecule has 0 aliphatic heterocycles. The van der Waals surface area contributed by atoms with E-state index in [9.17, 15) is 13.2 Å². The van der Waals surface area contributed by atoms with Gasteiger partial charge < -0.3 is 0 Å². The molecule has 1 atom stereocenters. The standard InChI is InChI=1S/C15H21BrO3S/c1-11(2)12(3)20(18,19)10-4-5-15(17)13-6-8-14(16)9-7-13/h6-9,11-12H,4-5,10H2,1-3H3. The minimum absolute atomic E-state index is 0.00935. The molecule has 1 rings (SSSR count). The van der Waals surface area contributed by atoms with E-state index < -0.39 is 9.84 Å². The van der Waals surface area contributed by atoms with Gasteiger partial charge in [-0.2, -0.15) is 0 Å². The number of hydrogen-bond acceptors (Lipinski definition) is 3. The Labute approximate surface area is 129 Å². The van der Waals surface area contributed by atoms with Gasteiger partial charge in [0.05, 0.1) is 11.0 Å². The van der Waals surface area contributed by atoms with Crippen LogP contribution in [-0.4, -0.2) is 25.2 Å². The quantitative estimate of drug-likeness (QED) is 0.693. The monoisotopic (exact) mass is 360 g/mol. The van der Waals surface area contributed by atoms with Gasteiger partial charge in [0.25, 0.3) is 0 Å². The van der Waals surface area contributed by atoms with E-state index in [1.54, 1.807) is 19.1 Å². The summed E-state index contributed by atoms with van der Waals surface area (Å²) < 4.78 is 25.0. The predicted octanol–water partition coefficient (Wildman–Crippen LogP) is 3.87. The second-order valence-electron chi connectivity index (χ2n) is 5.35. The van der Waals surface area contributed by atoms with Crippen LogP contribution in [0.3, 0.4) is 0 Å². The highest BCUT2D eigenvalue weighted by atomic mass is 79.9. The van der Waals surface area contributed by atoms with Crippen LogP contribution in [0.4, 0.5) is 0 Å². The molecule has 5 heteroatoms. The first-order chi connectivity index (χ1) is 9.24. The summed E-state index contributed by atoms with van der Waals surface area (Å²) in [6.45, 7) is 5.53. The van der Waals surface area contributed by atoms with Crippen molar-refractivity contribution >= 4 is 31.6 Å². The lowest BCUT2D eigenvalue weighted by molar-refractivity contribution is 0.0982. The molecule has 0 heterocycles. The zero-order valence-electron chi connectivity index (χ0n) is 12.1. The van der Waals surface area contributed by atoms with Crippen molar-refractivity contribution in [1.82, 2.24) is 0 Å². The SMILES string of the molecule is CC(C)C(C)S(=O)(=O)CCCC(=O)c1ccc(Br)cc1. The molecule has 0 spiro atoms. The van der Waals surface area contributed by atoms with Gasteiger partial charge in [-0.25, -0.2) is 8.42 Å².